The molecule has 2 fully saturated rings. The number of morpholine rings is 1. The first-order chi connectivity index (χ1) is 15.2. The van der Waals surface area contributed by atoms with Crippen molar-refractivity contribution in [2.24, 2.45) is 0 Å². The van der Waals surface area contributed by atoms with Crippen LogP contribution in [0.1, 0.15) is 22.3 Å². The lowest BCUT2D eigenvalue weighted by Crippen LogP contribution is -2.49. The van der Waals surface area contributed by atoms with Crippen LogP contribution in [0.15, 0.2) is 54.6 Å². The third-order valence-corrected chi connectivity index (χ3v) is 5.76. The zero-order chi connectivity index (χ0) is 21.5. The van der Waals surface area contributed by atoms with Crippen LogP contribution in [0.25, 0.3) is 0 Å². The van der Waals surface area contributed by atoms with Crippen molar-refractivity contribution in [2.45, 2.75) is 13.0 Å². The van der Waals surface area contributed by atoms with E-state index in [1.807, 2.05) is 53.4 Å². The van der Waals surface area contributed by atoms with Crippen molar-refractivity contribution in [3.8, 4) is 0 Å². The molecular formula is C24H30N4O3. The van der Waals surface area contributed by atoms with Crippen molar-refractivity contribution in [3.63, 3.8) is 0 Å². The van der Waals surface area contributed by atoms with Gasteiger partial charge in [-0.15, -0.1) is 0 Å². The molecular weight excluding hydrogens is 392 g/mol. The molecule has 2 aromatic rings. The summed E-state index contributed by atoms with van der Waals surface area (Å²) in [4.78, 5) is 31.7. The standard InChI is InChI=1S/C24H30N4O3/c29-23(25-10-13-26-14-16-31-17-15-26)21-8-4-9-22(18-21)28-12-5-11-27(24(28)30)19-20-6-2-1-3-7-20/h1-4,6-9,18H,5,10-17,19H2,(H,25,29). The molecule has 3 amide bonds. The molecule has 7 nitrogen and oxygen atoms in total. The largest absolute Gasteiger partial charge is 0.379 e. The monoisotopic (exact) mass is 422 g/mol. The highest BCUT2D eigenvalue weighted by molar-refractivity contribution is 5.98. The summed E-state index contributed by atoms with van der Waals surface area (Å²) >= 11 is 0. The van der Waals surface area contributed by atoms with Crippen LogP contribution in [0.5, 0.6) is 0 Å². The molecule has 0 atom stereocenters. The number of carbonyl (C=O) groups is 2. The zero-order valence-corrected chi connectivity index (χ0v) is 17.8. The van der Waals surface area contributed by atoms with E-state index in [-0.39, 0.29) is 11.9 Å². The van der Waals surface area contributed by atoms with Gasteiger partial charge in [-0.2, -0.15) is 0 Å². The molecule has 0 aliphatic carbocycles. The first kappa shape index (κ1) is 21.3. The molecule has 0 unspecified atom stereocenters. The van der Waals surface area contributed by atoms with Crippen molar-refractivity contribution >= 4 is 17.6 Å². The SMILES string of the molecule is O=C(NCCN1CCOCC1)c1cccc(N2CCCN(Cc3ccccc3)C2=O)c1. The van der Waals surface area contributed by atoms with E-state index in [0.29, 0.717) is 25.2 Å². The molecule has 0 radical (unpaired) electrons. The number of urea groups is 1. The summed E-state index contributed by atoms with van der Waals surface area (Å²) < 4.78 is 5.35. The maximum absolute atomic E-state index is 13.1. The van der Waals surface area contributed by atoms with E-state index in [9.17, 15) is 9.59 Å². The quantitative estimate of drug-likeness (QED) is 0.745. The fourth-order valence-corrected chi connectivity index (χ4v) is 4.04. The van der Waals surface area contributed by atoms with Crippen LogP contribution in [0.2, 0.25) is 0 Å². The van der Waals surface area contributed by atoms with Crippen molar-refractivity contribution in [3.05, 3.63) is 65.7 Å². The summed E-state index contributed by atoms with van der Waals surface area (Å²) in [6.45, 7) is 6.71. The van der Waals surface area contributed by atoms with Gasteiger partial charge in [0, 0.05) is 57.1 Å². The highest BCUT2D eigenvalue weighted by Crippen LogP contribution is 2.22. The summed E-state index contributed by atoms with van der Waals surface area (Å²) in [6.07, 6.45) is 0.897. The smallest absolute Gasteiger partial charge is 0.324 e. The second kappa shape index (κ2) is 10.4. The number of amides is 3. The Bertz CT molecular complexity index is 883. The fraction of sp³-hybridized carbons (Fsp3) is 0.417. The Morgan fingerprint density at radius 1 is 0.968 bits per heavy atom. The predicted molar refractivity (Wildman–Crippen MR) is 120 cm³/mol. The predicted octanol–water partition coefficient (Wildman–Crippen LogP) is 2.58. The van der Waals surface area contributed by atoms with Gasteiger partial charge in [-0.25, -0.2) is 4.79 Å². The van der Waals surface area contributed by atoms with Crippen molar-refractivity contribution in [2.75, 3.05) is 57.4 Å². The highest BCUT2D eigenvalue weighted by Gasteiger charge is 2.27. The molecule has 4 rings (SSSR count). The van der Waals surface area contributed by atoms with Crippen LogP contribution in [0.4, 0.5) is 10.5 Å². The molecule has 164 valence electrons. The minimum Gasteiger partial charge on any atom is -0.379 e. The molecule has 2 aliphatic heterocycles. The first-order valence-electron chi connectivity index (χ1n) is 11.0. The van der Waals surface area contributed by atoms with Crippen molar-refractivity contribution in [1.29, 1.82) is 0 Å². The number of benzene rings is 2. The van der Waals surface area contributed by atoms with E-state index in [2.05, 4.69) is 10.2 Å². The molecule has 0 spiro atoms. The van der Waals surface area contributed by atoms with Crippen LogP contribution in [0.3, 0.4) is 0 Å². The van der Waals surface area contributed by atoms with Gasteiger partial charge < -0.3 is 15.0 Å². The minimum absolute atomic E-state index is 0.0139. The Hall–Kier alpha value is -2.90. The fourth-order valence-electron chi connectivity index (χ4n) is 4.04. The summed E-state index contributed by atoms with van der Waals surface area (Å²) in [6, 6.07) is 17.4. The second-order valence-electron chi connectivity index (χ2n) is 7.96. The maximum atomic E-state index is 13.1. The maximum Gasteiger partial charge on any atom is 0.324 e. The van der Waals surface area contributed by atoms with Gasteiger partial charge in [-0.1, -0.05) is 36.4 Å². The number of carbonyl (C=O) groups excluding carboxylic acids is 2. The number of nitrogens with one attached hydrogen (secondary N) is 1. The molecule has 0 saturated carbocycles. The number of nitrogens with zero attached hydrogens (tertiary/aromatic N) is 3. The van der Waals surface area contributed by atoms with Crippen molar-refractivity contribution < 1.29 is 14.3 Å². The average molecular weight is 423 g/mol. The second-order valence-corrected chi connectivity index (χ2v) is 7.96. The molecule has 2 heterocycles. The molecule has 2 saturated heterocycles. The minimum atomic E-state index is -0.110. The van der Waals surface area contributed by atoms with E-state index in [1.54, 1.807) is 11.0 Å². The zero-order valence-electron chi connectivity index (χ0n) is 17.8. The number of hydrogen-bond acceptors (Lipinski definition) is 4. The van der Waals surface area contributed by atoms with E-state index in [0.717, 1.165) is 57.1 Å². The average Bonchev–Trinajstić information content (AvgIpc) is 2.82. The van der Waals surface area contributed by atoms with Gasteiger partial charge in [0.1, 0.15) is 0 Å². The topological polar surface area (TPSA) is 65.1 Å². The van der Waals surface area contributed by atoms with Gasteiger partial charge in [0.05, 0.1) is 13.2 Å². The number of anilines is 1. The number of ether oxygens (including phenoxy) is 1. The summed E-state index contributed by atoms with van der Waals surface area (Å²) in [5.41, 5.74) is 2.46. The van der Waals surface area contributed by atoms with Gasteiger partial charge in [-0.3, -0.25) is 14.6 Å². The summed E-state index contributed by atoms with van der Waals surface area (Å²) in [5, 5.41) is 2.99. The molecule has 0 aromatic heterocycles. The summed E-state index contributed by atoms with van der Waals surface area (Å²) in [5.74, 6) is -0.110. The van der Waals surface area contributed by atoms with Gasteiger partial charge in [0.25, 0.3) is 5.91 Å². The van der Waals surface area contributed by atoms with Gasteiger partial charge in [0.2, 0.25) is 0 Å². The van der Waals surface area contributed by atoms with E-state index in [4.69, 9.17) is 4.74 Å². The summed E-state index contributed by atoms with van der Waals surface area (Å²) in [7, 11) is 0. The molecule has 0 bridgehead atoms. The number of rotatable bonds is 7. The Balaban J connectivity index is 1.36. The lowest BCUT2D eigenvalue weighted by Gasteiger charge is -2.35. The van der Waals surface area contributed by atoms with Crippen LogP contribution in [-0.4, -0.2) is 74.2 Å². The number of hydrogen-bond donors (Lipinski definition) is 1. The van der Waals surface area contributed by atoms with E-state index in [1.165, 1.54) is 0 Å². The Kier molecular flexibility index (Phi) is 7.17. The van der Waals surface area contributed by atoms with Crippen LogP contribution in [0, 0.1) is 0 Å². The molecule has 2 aromatic carbocycles. The highest BCUT2D eigenvalue weighted by atomic mass is 16.5. The lowest BCUT2D eigenvalue weighted by atomic mass is 10.1. The molecule has 31 heavy (non-hydrogen) atoms. The van der Waals surface area contributed by atoms with Crippen LogP contribution < -0.4 is 10.2 Å². The third kappa shape index (κ3) is 5.62. The first-order valence-corrected chi connectivity index (χ1v) is 11.0. The Morgan fingerprint density at radius 3 is 2.58 bits per heavy atom. The van der Waals surface area contributed by atoms with Gasteiger partial charge in [-0.05, 0) is 30.2 Å². The normalized spacial score (nSPS) is 17.6. The Morgan fingerprint density at radius 2 is 1.77 bits per heavy atom. The van der Waals surface area contributed by atoms with Crippen LogP contribution >= 0.6 is 0 Å². The van der Waals surface area contributed by atoms with E-state index < -0.39 is 0 Å². The molecule has 2 aliphatic rings. The van der Waals surface area contributed by atoms with Gasteiger partial charge >= 0.3 is 6.03 Å². The Labute approximate surface area is 183 Å². The van der Waals surface area contributed by atoms with Crippen LogP contribution in [-0.2, 0) is 11.3 Å². The molecule has 1 N–H and O–H groups in total. The van der Waals surface area contributed by atoms with E-state index >= 15 is 0 Å². The van der Waals surface area contributed by atoms with Gasteiger partial charge in [0.15, 0.2) is 0 Å². The third-order valence-electron chi connectivity index (χ3n) is 5.76. The lowest BCUT2D eigenvalue weighted by molar-refractivity contribution is 0.0383. The molecule has 7 heteroatoms. The van der Waals surface area contributed by atoms with Crippen molar-refractivity contribution in [1.82, 2.24) is 15.1 Å².